The Bertz CT molecular complexity index is 315. The van der Waals surface area contributed by atoms with Crippen molar-refractivity contribution in [1.82, 2.24) is 5.32 Å². The Balaban J connectivity index is 2.64. The number of thiophene rings is 1. The Morgan fingerprint density at radius 1 is 1.06 bits per heavy atom. The zero-order valence-corrected chi connectivity index (χ0v) is 13.3. The Kier molecular flexibility index (Phi) is 7.60. The highest BCUT2D eigenvalue weighted by atomic mass is 32.1. The first-order valence-corrected chi connectivity index (χ1v) is 8.37. The third-order valence-corrected chi connectivity index (χ3v) is 5.01. The maximum absolute atomic E-state index is 3.75. The first kappa shape index (κ1) is 15.7. The standard InChI is InChI=1S/C16H29NS/c1-5-11-17-16(13(6-2)7-3)12-15-10-9-14(8-4)18-15/h9-10,13,16-17H,5-8,11-12H2,1-4H3. The van der Waals surface area contributed by atoms with Crippen LogP contribution in [0.15, 0.2) is 12.1 Å². The summed E-state index contributed by atoms with van der Waals surface area (Å²) in [6.45, 7) is 10.3. The largest absolute Gasteiger partial charge is 0.313 e. The normalized spacial score (nSPS) is 13.2. The van der Waals surface area contributed by atoms with Crippen LogP contribution in [0.5, 0.6) is 0 Å². The fourth-order valence-electron chi connectivity index (χ4n) is 2.53. The number of nitrogens with one attached hydrogen (secondary N) is 1. The van der Waals surface area contributed by atoms with Crippen LogP contribution in [0, 0.1) is 5.92 Å². The molecule has 1 heterocycles. The summed E-state index contributed by atoms with van der Waals surface area (Å²) in [5, 5.41) is 3.75. The van der Waals surface area contributed by atoms with Crippen molar-refractivity contribution in [1.29, 1.82) is 0 Å². The van der Waals surface area contributed by atoms with Crippen molar-refractivity contribution in [2.24, 2.45) is 5.92 Å². The van der Waals surface area contributed by atoms with Crippen molar-refractivity contribution in [3.8, 4) is 0 Å². The van der Waals surface area contributed by atoms with E-state index in [1.54, 1.807) is 4.88 Å². The third-order valence-electron chi connectivity index (χ3n) is 3.76. The molecule has 1 atom stereocenters. The van der Waals surface area contributed by atoms with Crippen LogP contribution >= 0.6 is 11.3 Å². The molecule has 1 rings (SSSR count). The Morgan fingerprint density at radius 2 is 1.72 bits per heavy atom. The van der Waals surface area contributed by atoms with Gasteiger partial charge in [0, 0.05) is 15.8 Å². The monoisotopic (exact) mass is 267 g/mol. The molecule has 0 spiro atoms. The molecule has 1 aromatic rings. The van der Waals surface area contributed by atoms with Gasteiger partial charge in [-0.25, -0.2) is 0 Å². The molecule has 0 radical (unpaired) electrons. The molecule has 1 nitrogen and oxygen atoms in total. The van der Waals surface area contributed by atoms with Gasteiger partial charge in [0.2, 0.25) is 0 Å². The number of aryl methyl sites for hydroxylation is 1. The highest BCUT2D eigenvalue weighted by molar-refractivity contribution is 7.11. The quantitative estimate of drug-likeness (QED) is 0.686. The first-order chi connectivity index (χ1) is 8.74. The summed E-state index contributed by atoms with van der Waals surface area (Å²) >= 11 is 1.99. The van der Waals surface area contributed by atoms with Crippen LogP contribution in [0.25, 0.3) is 0 Å². The Morgan fingerprint density at radius 3 is 2.22 bits per heavy atom. The average Bonchev–Trinajstić information content (AvgIpc) is 2.84. The zero-order chi connectivity index (χ0) is 13.4. The van der Waals surface area contributed by atoms with E-state index in [4.69, 9.17) is 0 Å². The van der Waals surface area contributed by atoms with Crippen molar-refractivity contribution in [3.05, 3.63) is 21.9 Å². The molecule has 1 aromatic heterocycles. The van der Waals surface area contributed by atoms with Gasteiger partial charge in [-0.15, -0.1) is 11.3 Å². The highest BCUT2D eigenvalue weighted by Gasteiger charge is 2.18. The van der Waals surface area contributed by atoms with Gasteiger partial charge in [-0.2, -0.15) is 0 Å². The molecule has 0 saturated carbocycles. The summed E-state index contributed by atoms with van der Waals surface area (Å²) in [7, 11) is 0. The van der Waals surface area contributed by atoms with Gasteiger partial charge in [-0.1, -0.05) is 40.5 Å². The van der Waals surface area contributed by atoms with Crippen molar-refractivity contribution in [2.75, 3.05) is 6.54 Å². The van der Waals surface area contributed by atoms with Crippen LogP contribution in [0.4, 0.5) is 0 Å². The predicted octanol–water partition coefficient (Wildman–Crippen LogP) is 4.66. The molecule has 0 fully saturated rings. The van der Waals surface area contributed by atoms with Crippen molar-refractivity contribution in [2.45, 2.75) is 65.8 Å². The second-order valence-electron chi connectivity index (χ2n) is 5.06. The third kappa shape index (κ3) is 4.74. The van der Waals surface area contributed by atoms with E-state index in [0.717, 1.165) is 12.5 Å². The summed E-state index contributed by atoms with van der Waals surface area (Å²) in [6.07, 6.45) is 6.16. The fraction of sp³-hybridized carbons (Fsp3) is 0.750. The molecule has 1 unspecified atom stereocenters. The lowest BCUT2D eigenvalue weighted by molar-refractivity contribution is 0.333. The Labute approximate surface area is 117 Å². The molecular formula is C16H29NS. The van der Waals surface area contributed by atoms with E-state index >= 15 is 0 Å². The molecule has 0 aliphatic heterocycles. The van der Waals surface area contributed by atoms with Gasteiger partial charge in [0.05, 0.1) is 0 Å². The fourth-order valence-corrected chi connectivity index (χ4v) is 3.55. The van der Waals surface area contributed by atoms with E-state index < -0.39 is 0 Å². The molecule has 104 valence electrons. The molecule has 0 bridgehead atoms. The molecule has 0 aliphatic carbocycles. The molecule has 1 N–H and O–H groups in total. The lowest BCUT2D eigenvalue weighted by atomic mass is 9.91. The molecule has 0 aromatic carbocycles. The first-order valence-electron chi connectivity index (χ1n) is 7.55. The molecular weight excluding hydrogens is 238 g/mol. The molecule has 0 saturated heterocycles. The van der Waals surface area contributed by atoms with Gasteiger partial charge in [-0.05, 0) is 43.9 Å². The summed E-state index contributed by atoms with van der Waals surface area (Å²) in [4.78, 5) is 3.07. The van der Waals surface area contributed by atoms with Crippen molar-refractivity contribution < 1.29 is 0 Å². The van der Waals surface area contributed by atoms with Gasteiger partial charge in [0.1, 0.15) is 0 Å². The van der Waals surface area contributed by atoms with E-state index in [0.29, 0.717) is 6.04 Å². The van der Waals surface area contributed by atoms with Crippen LogP contribution < -0.4 is 5.32 Å². The van der Waals surface area contributed by atoms with E-state index in [2.05, 4.69) is 45.1 Å². The van der Waals surface area contributed by atoms with Gasteiger partial charge in [0.25, 0.3) is 0 Å². The zero-order valence-electron chi connectivity index (χ0n) is 12.5. The average molecular weight is 267 g/mol. The number of hydrogen-bond donors (Lipinski definition) is 1. The maximum Gasteiger partial charge on any atom is 0.0143 e. The number of rotatable bonds is 9. The summed E-state index contributed by atoms with van der Waals surface area (Å²) < 4.78 is 0. The molecule has 0 aliphatic rings. The van der Waals surface area contributed by atoms with Crippen LogP contribution in [0.2, 0.25) is 0 Å². The topological polar surface area (TPSA) is 12.0 Å². The minimum Gasteiger partial charge on any atom is -0.313 e. The van der Waals surface area contributed by atoms with Crippen molar-refractivity contribution >= 4 is 11.3 Å². The smallest absolute Gasteiger partial charge is 0.0143 e. The maximum atomic E-state index is 3.75. The van der Waals surface area contributed by atoms with Gasteiger partial charge >= 0.3 is 0 Å². The van der Waals surface area contributed by atoms with Gasteiger partial charge < -0.3 is 5.32 Å². The lowest BCUT2D eigenvalue weighted by Gasteiger charge is -2.26. The SMILES string of the molecule is CCCNC(Cc1ccc(CC)s1)C(CC)CC. The van der Waals surface area contributed by atoms with Gasteiger partial charge in [-0.3, -0.25) is 0 Å². The summed E-state index contributed by atoms with van der Waals surface area (Å²) in [6, 6.07) is 5.28. The van der Waals surface area contributed by atoms with Crippen molar-refractivity contribution in [3.63, 3.8) is 0 Å². The molecule has 2 heteroatoms. The van der Waals surface area contributed by atoms with E-state index in [-0.39, 0.29) is 0 Å². The van der Waals surface area contributed by atoms with E-state index in [9.17, 15) is 0 Å². The summed E-state index contributed by atoms with van der Waals surface area (Å²) in [5.74, 6) is 0.809. The number of hydrogen-bond acceptors (Lipinski definition) is 2. The van der Waals surface area contributed by atoms with Crippen LogP contribution in [-0.4, -0.2) is 12.6 Å². The minimum absolute atomic E-state index is 0.656. The second-order valence-corrected chi connectivity index (χ2v) is 6.32. The van der Waals surface area contributed by atoms with Crippen LogP contribution in [0.3, 0.4) is 0 Å². The lowest BCUT2D eigenvalue weighted by Crippen LogP contribution is -2.38. The minimum atomic E-state index is 0.656. The van der Waals surface area contributed by atoms with E-state index in [1.807, 2.05) is 11.3 Å². The molecule has 0 amide bonds. The highest BCUT2D eigenvalue weighted by Crippen LogP contribution is 2.23. The predicted molar refractivity (Wildman–Crippen MR) is 83.6 cm³/mol. The van der Waals surface area contributed by atoms with Gasteiger partial charge in [0.15, 0.2) is 0 Å². The molecule has 18 heavy (non-hydrogen) atoms. The second kappa shape index (κ2) is 8.71. The summed E-state index contributed by atoms with van der Waals surface area (Å²) in [5.41, 5.74) is 0. The van der Waals surface area contributed by atoms with Crippen LogP contribution in [-0.2, 0) is 12.8 Å². The van der Waals surface area contributed by atoms with Crippen LogP contribution in [0.1, 0.15) is 56.7 Å². The Hall–Kier alpha value is -0.340. The van der Waals surface area contributed by atoms with E-state index in [1.165, 1.54) is 37.0 Å².